The maximum Gasteiger partial charge on any atom is 0.249 e. The first-order chi connectivity index (χ1) is 17.9. The van der Waals surface area contributed by atoms with Gasteiger partial charge in [-0.1, -0.05) is 29.8 Å². The predicted molar refractivity (Wildman–Crippen MR) is 149 cm³/mol. The monoisotopic (exact) mass is 521 g/mol. The van der Waals surface area contributed by atoms with Crippen LogP contribution in [0.1, 0.15) is 24.0 Å². The number of aromatic amines is 1. The van der Waals surface area contributed by atoms with Crippen LogP contribution in [-0.4, -0.2) is 68.0 Å². The van der Waals surface area contributed by atoms with Gasteiger partial charge >= 0.3 is 0 Å². The van der Waals surface area contributed by atoms with Gasteiger partial charge in [-0.05, 0) is 87.8 Å². The highest BCUT2D eigenvalue weighted by Gasteiger charge is 2.35. The van der Waals surface area contributed by atoms with Crippen LogP contribution in [0.5, 0.6) is 0 Å². The van der Waals surface area contributed by atoms with Crippen LogP contribution in [-0.2, 0) is 22.4 Å². The molecule has 5 rings (SSSR count). The lowest BCUT2D eigenvalue weighted by atomic mass is 9.90. The second-order valence-electron chi connectivity index (χ2n) is 10.7. The van der Waals surface area contributed by atoms with Crippen molar-refractivity contribution in [3.8, 4) is 0 Å². The number of hydrogen-bond donors (Lipinski definition) is 3. The van der Waals surface area contributed by atoms with Crippen molar-refractivity contribution in [2.75, 3.05) is 45.2 Å². The number of hydrogen-bond acceptors (Lipinski definition) is 4. The summed E-state index contributed by atoms with van der Waals surface area (Å²) in [6, 6.07) is 13.2. The molecule has 37 heavy (non-hydrogen) atoms. The summed E-state index contributed by atoms with van der Waals surface area (Å²) in [6.45, 7) is 3.13. The zero-order valence-corrected chi connectivity index (χ0v) is 22.4. The fourth-order valence-electron chi connectivity index (χ4n) is 5.84. The van der Waals surface area contributed by atoms with E-state index >= 15 is 0 Å². The molecule has 8 heteroatoms. The van der Waals surface area contributed by atoms with Crippen molar-refractivity contribution >= 4 is 40.0 Å². The topological polar surface area (TPSA) is 80.5 Å². The van der Waals surface area contributed by atoms with Gasteiger partial charge in [0.15, 0.2) is 0 Å². The number of carbonyl (C=O) groups excluding carboxylic acids is 2. The lowest BCUT2D eigenvalue weighted by Crippen LogP contribution is -2.54. The molecule has 0 bridgehead atoms. The molecule has 3 aromatic rings. The van der Waals surface area contributed by atoms with Gasteiger partial charge in [-0.3, -0.25) is 9.59 Å². The molecule has 2 aliphatic heterocycles. The third-order valence-corrected chi connectivity index (χ3v) is 7.83. The van der Waals surface area contributed by atoms with E-state index in [0.717, 1.165) is 66.6 Å². The maximum atomic E-state index is 14.3. The molecule has 2 aromatic carbocycles. The van der Waals surface area contributed by atoms with Crippen LogP contribution >= 0.6 is 11.6 Å². The van der Waals surface area contributed by atoms with Gasteiger partial charge in [0, 0.05) is 53.2 Å². The fraction of sp³-hybridized carbons (Fsp3) is 0.448. The minimum atomic E-state index is -0.664. The normalized spacial score (nSPS) is 19.1. The summed E-state index contributed by atoms with van der Waals surface area (Å²) < 4.78 is 0. The van der Waals surface area contributed by atoms with E-state index in [0.29, 0.717) is 18.0 Å². The van der Waals surface area contributed by atoms with E-state index in [1.165, 1.54) is 0 Å². The second kappa shape index (κ2) is 11.3. The third-order valence-electron chi connectivity index (χ3n) is 7.59. The van der Waals surface area contributed by atoms with Crippen LogP contribution in [0.3, 0.4) is 0 Å². The van der Waals surface area contributed by atoms with Crippen LogP contribution in [0.4, 0.5) is 5.69 Å². The van der Waals surface area contributed by atoms with Gasteiger partial charge in [0.25, 0.3) is 0 Å². The largest absolute Gasteiger partial charge is 0.361 e. The third kappa shape index (κ3) is 5.84. The smallest absolute Gasteiger partial charge is 0.249 e. The number of anilines is 1. The van der Waals surface area contributed by atoms with Gasteiger partial charge < -0.3 is 25.4 Å². The Balaban J connectivity index is 1.46. The molecule has 196 valence electrons. The van der Waals surface area contributed by atoms with Crippen molar-refractivity contribution in [2.45, 2.75) is 31.7 Å². The number of H-pyrrole nitrogens is 1. The van der Waals surface area contributed by atoms with Crippen molar-refractivity contribution in [1.82, 2.24) is 20.5 Å². The molecule has 1 fully saturated rings. The molecule has 0 radical (unpaired) electrons. The van der Waals surface area contributed by atoms with E-state index in [9.17, 15) is 9.59 Å². The zero-order chi connectivity index (χ0) is 25.9. The number of fused-ring (bicyclic) bond motifs is 2. The van der Waals surface area contributed by atoms with Crippen LogP contribution in [0, 0.1) is 11.8 Å². The first-order valence-corrected chi connectivity index (χ1v) is 13.6. The summed E-state index contributed by atoms with van der Waals surface area (Å²) in [6.07, 6.45) is 4.83. The molecule has 0 saturated carbocycles. The average Bonchev–Trinajstić information content (AvgIpc) is 3.30. The van der Waals surface area contributed by atoms with Gasteiger partial charge in [-0.2, -0.15) is 0 Å². The number of carbonyl (C=O) groups is 2. The van der Waals surface area contributed by atoms with Gasteiger partial charge in [0.05, 0.1) is 0 Å². The predicted octanol–water partition coefficient (Wildman–Crippen LogP) is 3.62. The van der Waals surface area contributed by atoms with Crippen molar-refractivity contribution in [1.29, 1.82) is 0 Å². The molecular weight excluding hydrogens is 486 g/mol. The lowest BCUT2D eigenvalue weighted by molar-refractivity contribution is -0.130. The Kier molecular flexibility index (Phi) is 7.84. The first-order valence-electron chi connectivity index (χ1n) is 13.2. The number of para-hydroxylation sites is 1. The summed E-state index contributed by atoms with van der Waals surface area (Å²) in [4.78, 5) is 35.0. The summed E-state index contributed by atoms with van der Waals surface area (Å²) in [5, 5.41) is 8.24. The summed E-state index contributed by atoms with van der Waals surface area (Å²) in [5.74, 6) is 0.102. The molecule has 1 saturated heterocycles. The van der Waals surface area contributed by atoms with Crippen LogP contribution < -0.4 is 15.5 Å². The van der Waals surface area contributed by atoms with E-state index in [4.69, 9.17) is 11.6 Å². The number of aromatic nitrogens is 1. The molecule has 0 unspecified atom stereocenters. The van der Waals surface area contributed by atoms with Crippen molar-refractivity contribution in [3.63, 3.8) is 0 Å². The van der Waals surface area contributed by atoms with Crippen LogP contribution in [0.15, 0.2) is 48.7 Å². The van der Waals surface area contributed by atoms with Gasteiger partial charge in [-0.15, -0.1) is 0 Å². The van der Waals surface area contributed by atoms with E-state index < -0.39 is 6.04 Å². The van der Waals surface area contributed by atoms with Gasteiger partial charge in [0.2, 0.25) is 11.8 Å². The highest BCUT2D eigenvalue weighted by atomic mass is 35.5. The Morgan fingerprint density at radius 1 is 1.16 bits per heavy atom. The van der Waals surface area contributed by atoms with E-state index in [1.54, 1.807) is 0 Å². The van der Waals surface area contributed by atoms with Crippen LogP contribution in [0.2, 0.25) is 5.02 Å². The van der Waals surface area contributed by atoms with E-state index in [1.807, 2.05) is 47.5 Å². The molecule has 2 aliphatic rings. The standard InChI is InChI=1S/C29H36ClN5O2/c1-34(2)17-19-13-21-14-23(30)7-8-27(21)35(18-19)29(37)26(33-28(36)20-9-11-31-12-10-20)15-22-16-32-25-6-4-3-5-24(22)25/h3-8,14,16,19-20,26,31-32H,9-13,15,17-18H2,1-2H3,(H,33,36)/t19-,26+/m0/s1. The first kappa shape index (κ1) is 25.8. The highest BCUT2D eigenvalue weighted by molar-refractivity contribution is 6.30. The molecule has 2 amide bonds. The number of piperidine rings is 1. The molecule has 0 spiro atoms. The van der Waals surface area contributed by atoms with Crippen molar-refractivity contribution in [3.05, 3.63) is 64.8 Å². The summed E-state index contributed by atoms with van der Waals surface area (Å²) >= 11 is 6.35. The number of amides is 2. The Bertz CT molecular complexity index is 1270. The molecule has 7 nitrogen and oxygen atoms in total. The van der Waals surface area contributed by atoms with E-state index in [-0.39, 0.29) is 23.7 Å². The molecule has 1 aromatic heterocycles. The molecule has 3 heterocycles. The molecule has 3 N–H and O–H groups in total. The quantitative estimate of drug-likeness (QED) is 0.443. The number of benzene rings is 2. The molecular formula is C29H36ClN5O2. The SMILES string of the molecule is CN(C)C[C@@H]1Cc2cc(Cl)ccc2N(C(=O)[C@@H](Cc2c[nH]c3ccccc23)NC(=O)C2CCNCC2)C1. The average molecular weight is 522 g/mol. The summed E-state index contributed by atoms with van der Waals surface area (Å²) in [5.41, 5.74) is 4.02. The Morgan fingerprint density at radius 3 is 2.73 bits per heavy atom. The Morgan fingerprint density at radius 2 is 1.95 bits per heavy atom. The second-order valence-corrected chi connectivity index (χ2v) is 11.1. The van der Waals surface area contributed by atoms with Crippen molar-refractivity contribution < 1.29 is 9.59 Å². The minimum absolute atomic E-state index is 0.0297. The fourth-order valence-corrected chi connectivity index (χ4v) is 6.04. The van der Waals surface area contributed by atoms with Gasteiger partial charge in [-0.25, -0.2) is 0 Å². The Hall–Kier alpha value is -2.87. The number of nitrogens with zero attached hydrogens (tertiary/aromatic N) is 2. The highest BCUT2D eigenvalue weighted by Crippen LogP contribution is 2.33. The van der Waals surface area contributed by atoms with E-state index in [2.05, 4.69) is 40.7 Å². The van der Waals surface area contributed by atoms with Crippen LogP contribution in [0.25, 0.3) is 10.9 Å². The van der Waals surface area contributed by atoms with Gasteiger partial charge in [0.1, 0.15) is 6.04 Å². The maximum absolute atomic E-state index is 14.3. The molecule has 0 aliphatic carbocycles. The number of rotatable bonds is 7. The zero-order valence-electron chi connectivity index (χ0n) is 21.6. The number of nitrogens with one attached hydrogen (secondary N) is 3. The lowest BCUT2D eigenvalue weighted by Gasteiger charge is -2.38. The Labute approximate surface area is 223 Å². The minimum Gasteiger partial charge on any atom is -0.361 e. The summed E-state index contributed by atoms with van der Waals surface area (Å²) in [7, 11) is 4.11. The number of halogens is 1. The van der Waals surface area contributed by atoms with Crippen molar-refractivity contribution in [2.24, 2.45) is 11.8 Å². The molecule has 2 atom stereocenters.